The maximum Gasteiger partial charge on any atom is 0.410 e. The average Bonchev–Trinajstić information content (AvgIpc) is 2.30. The molecule has 0 saturated carbocycles. The first-order valence-electron chi connectivity index (χ1n) is 7.71. The molecule has 0 radical (unpaired) electrons. The third-order valence-corrected chi connectivity index (χ3v) is 3.44. The fourth-order valence-corrected chi connectivity index (χ4v) is 1.78. The third kappa shape index (κ3) is 7.67. The highest BCUT2D eigenvalue weighted by atomic mass is 16.6. The Morgan fingerprint density at radius 1 is 1.14 bits per heavy atom. The number of carbonyl (C=O) groups excluding carboxylic acids is 1. The lowest BCUT2D eigenvalue weighted by atomic mass is 10.0. The first-order chi connectivity index (χ1) is 9.34. The Morgan fingerprint density at radius 2 is 1.67 bits per heavy atom. The molecule has 0 aromatic rings. The van der Waals surface area contributed by atoms with Crippen molar-refractivity contribution in [1.29, 1.82) is 0 Å². The van der Waals surface area contributed by atoms with Crippen molar-refractivity contribution in [1.82, 2.24) is 10.2 Å². The van der Waals surface area contributed by atoms with Crippen molar-refractivity contribution in [2.24, 2.45) is 0 Å². The smallest absolute Gasteiger partial charge is 0.410 e. The van der Waals surface area contributed by atoms with Gasteiger partial charge in [0.25, 0.3) is 0 Å². The van der Waals surface area contributed by atoms with Gasteiger partial charge in [0.15, 0.2) is 0 Å². The minimum Gasteiger partial charge on any atom is -0.444 e. The molecule has 5 nitrogen and oxygen atoms in total. The van der Waals surface area contributed by atoms with Crippen LogP contribution in [-0.2, 0) is 4.74 Å². The van der Waals surface area contributed by atoms with Gasteiger partial charge in [-0.1, -0.05) is 6.92 Å². The quantitative estimate of drug-likeness (QED) is 0.792. The SMILES string of the molecule is CCC(C)(CO)NCCN(C(=O)OC(C)(C)C)C(C)(C)C. The number of rotatable bonds is 6. The average molecular weight is 302 g/mol. The fourth-order valence-electron chi connectivity index (χ4n) is 1.78. The molecule has 0 aromatic heterocycles. The van der Waals surface area contributed by atoms with Gasteiger partial charge >= 0.3 is 6.09 Å². The second-order valence-corrected chi connectivity index (χ2v) is 7.80. The molecule has 1 unspecified atom stereocenters. The topological polar surface area (TPSA) is 61.8 Å². The molecular weight excluding hydrogens is 268 g/mol. The largest absolute Gasteiger partial charge is 0.444 e. The normalized spacial score (nSPS) is 15.5. The van der Waals surface area contributed by atoms with Crippen LogP contribution in [0, 0.1) is 0 Å². The molecule has 0 bridgehead atoms. The minimum absolute atomic E-state index is 0.0749. The van der Waals surface area contributed by atoms with Crippen molar-refractivity contribution >= 4 is 6.09 Å². The standard InChI is InChI=1S/C16H34N2O3/c1-9-16(8,12-19)17-10-11-18(14(2,3)4)13(20)21-15(5,6)7/h17,19H,9-12H2,1-8H3. The van der Waals surface area contributed by atoms with Crippen LogP contribution in [-0.4, -0.2) is 52.5 Å². The number of aliphatic hydroxyl groups is 1. The summed E-state index contributed by atoms with van der Waals surface area (Å²) >= 11 is 0. The van der Waals surface area contributed by atoms with Gasteiger partial charge in [-0.05, 0) is 54.9 Å². The number of amides is 1. The van der Waals surface area contributed by atoms with Gasteiger partial charge < -0.3 is 20.1 Å². The molecular formula is C16H34N2O3. The second-order valence-electron chi connectivity index (χ2n) is 7.80. The number of nitrogens with one attached hydrogen (secondary N) is 1. The van der Waals surface area contributed by atoms with E-state index in [1.54, 1.807) is 4.90 Å². The van der Waals surface area contributed by atoms with E-state index in [2.05, 4.69) is 5.32 Å². The van der Waals surface area contributed by atoms with Crippen LogP contribution >= 0.6 is 0 Å². The molecule has 126 valence electrons. The van der Waals surface area contributed by atoms with E-state index in [4.69, 9.17) is 4.74 Å². The highest BCUT2D eigenvalue weighted by Gasteiger charge is 2.31. The van der Waals surface area contributed by atoms with Crippen LogP contribution in [0.15, 0.2) is 0 Å². The van der Waals surface area contributed by atoms with E-state index in [-0.39, 0.29) is 23.8 Å². The number of aliphatic hydroxyl groups excluding tert-OH is 1. The second kappa shape index (κ2) is 7.45. The monoisotopic (exact) mass is 302 g/mol. The summed E-state index contributed by atoms with van der Waals surface area (Å²) in [5, 5.41) is 12.7. The fraction of sp³-hybridized carbons (Fsp3) is 0.938. The number of hydrogen-bond donors (Lipinski definition) is 2. The molecule has 1 amide bonds. The van der Waals surface area contributed by atoms with E-state index in [9.17, 15) is 9.90 Å². The van der Waals surface area contributed by atoms with Crippen molar-refractivity contribution in [2.75, 3.05) is 19.7 Å². The Labute approximate surface area is 130 Å². The summed E-state index contributed by atoms with van der Waals surface area (Å²) in [6.07, 6.45) is 0.518. The Hall–Kier alpha value is -0.810. The predicted octanol–water partition coefficient (Wildman–Crippen LogP) is 2.77. The molecule has 0 saturated heterocycles. The number of carbonyl (C=O) groups is 1. The molecule has 0 aliphatic rings. The molecule has 0 spiro atoms. The first kappa shape index (κ1) is 20.2. The Morgan fingerprint density at radius 3 is 2.00 bits per heavy atom. The predicted molar refractivity (Wildman–Crippen MR) is 86.5 cm³/mol. The molecule has 5 heteroatoms. The van der Waals surface area contributed by atoms with E-state index in [1.165, 1.54) is 0 Å². The van der Waals surface area contributed by atoms with Crippen molar-refractivity contribution < 1.29 is 14.6 Å². The summed E-state index contributed by atoms with van der Waals surface area (Å²) in [7, 11) is 0. The van der Waals surface area contributed by atoms with Crippen LogP contribution in [0.5, 0.6) is 0 Å². The molecule has 0 aromatic carbocycles. The molecule has 21 heavy (non-hydrogen) atoms. The number of hydrogen-bond acceptors (Lipinski definition) is 4. The summed E-state index contributed by atoms with van der Waals surface area (Å²) in [6, 6.07) is 0. The Bertz CT molecular complexity index is 325. The van der Waals surface area contributed by atoms with Crippen LogP contribution in [0.4, 0.5) is 4.79 Å². The summed E-state index contributed by atoms with van der Waals surface area (Å²) in [5.74, 6) is 0. The summed E-state index contributed by atoms with van der Waals surface area (Å²) in [5.41, 5.74) is -1.12. The summed E-state index contributed by atoms with van der Waals surface area (Å²) in [6.45, 7) is 16.8. The molecule has 2 N–H and O–H groups in total. The number of nitrogens with zero attached hydrogens (tertiary/aromatic N) is 1. The van der Waals surface area contributed by atoms with Gasteiger partial charge in [0.1, 0.15) is 5.60 Å². The zero-order valence-corrected chi connectivity index (χ0v) is 15.0. The molecule has 0 aliphatic carbocycles. The highest BCUT2D eigenvalue weighted by Crippen LogP contribution is 2.18. The highest BCUT2D eigenvalue weighted by molar-refractivity contribution is 5.69. The van der Waals surface area contributed by atoms with E-state index in [1.807, 2.05) is 55.4 Å². The van der Waals surface area contributed by atoms with Crippen molar-refractivity contribution in [2.45, 2.75) is 78.5 Å². The van der Waals surface area contributed by atoms with Gasteiger partial charge in [0.2, 0.25) is 0 Å². The van der Waals surface area contributed by atoms with Gasteiger partial charge in [0.05, 0.1) is 6.61 Å². The van der Waals surface area contributed by atoms with E-state index >= 15 is 0 Å². The maximum atomic E-state index is 12.3. The van der Waals surface area contributed by atoms with Gasteiger partial charge in [-0.25, -0.2) is 4.79 Å². The lowest BCUT2D eigenvalue weighted by molar-refractivity contribution is 0.00582. The van der Waals surface area contributed by atoms with Crippen LogP contribution in [0.25, 0.3) is 0 Å². The lowest BCUT2D eigenvalue weighted by Gasteiger charge is -2.38. The Kier molecular flexibility index (Phi) is 7.16. The first-order valence-corrected chi connectivity index (χ1v) is 7.71. The molecule has 0 rings (SSSR count). The van der Waals surface area contributed by atoms with Crippen molar-refractivity contribution in [3.63, 3.8) is 0 Å². The van der Waals surface area contributed by atoms with Gasteiger partial charge in [-0.3, -0.25) is 0 Å². The molecule has 0 heterocycles. The van der Waals surface area contributed by atoms with E-state index in [0.29, 0.717) is 13.1 Å². The summed E-state index contributed by atoms with van der Waals surface area (Å²) < 4.78 is 5.47. The van der Waals surface area contributed by atoms with Crippen LogP contribution in [0.1, 0.15) is 61.8 Å². The molecule has 0 aliphatic heterocycles. The van der Waals surface area contributed by atoms with Crippen molar-refractivity contribution in [3.05, 3.63) is 0 Å². The number of ether oxygens (including phenoxy) is 1. The van der Waals surface area contributed by atoms with Gasteiger partial charge in [-0.15, -0.1) is 0 Å². The van der Waals surface area contributed by atoms with Crippen LogP contribution in [0.3, 0.4) is 0 Å². The lowest BCUT2D eigenvalue weighted by Crippen LogP contribution is -2.53. The van der Waals surface area contributed by atoms with Crippen molar-refractivity contribution in [3.8, 4) is 0 Å². The zero-order valence-electron chi connectivity index (χ0n) is 15.0. The molecule has 0 fully saturated rings. The van der Waals surface area contributed by atoms with Gasteiger partial charge in [-0.2, -0.15) is 0 Å². The van der Waals surface area contributed by atoms with Crippen LogP contribution < -0.4 is 5.32 Å². The minimum atomic E-state index is -0.503. The Balaban J connectivity index is 4.71. The van der Waals surface area contributed by atoms with Gasteiger partial charge in [0, 0.05) is 24.2 Å². The third-order valence-electron chi connectivity index (χ3n) is 3.44. The maximum absolute atomic E-state index is 12.3. The van der Waals surface area contributed by atoms with E-state index in [0.717, 1.165) is 6.42 Å². The van der Waals surface area contributed by atoms with E-state index < -0.39 is 5.60 Å². The molecule has 1 atom stereocenters. The summed E-state index contributed by atoms with van der Waals surface area (Å²) in [4.78, 5) is 14.0. The van der Waals surface area contributed by atoms with Crippen LogP contribution in [0.2, 0.25) is 0 Å². The zero-order chi connectivity index (χ0) is 16.9.